The third-order valence-corrected chi connectivity index (χ3v) is 3.74. The lowest BCUT2D eigenvalue weighted by atomic mass is 9.97. The monoisotopic (exact) mass is 292 g/mol. The summed E-state index contributed by atoms with van der Waals surface area (Å²) in [7, 11) is 0. The number of benzene rings is 1. The molecule has 1 aromatic carbocycles. The summed E-state index contributed by atoms with van der Waals surface area (Å²) in [6.45, 7) is 7.10. The summed E-state index contributed by atoms with van der Waals surface area (Å²) in [6.07, 6.45) is 2.68. The highest BCUT2D eigenvalue weighted by Gasteiger charge is 2.22. The standard InChI is InChI=1S/C15H21ClN4/c1-4-7-20-15(13(16)9-18-20)14(19-17)12-6-5-10(2)8-11(12)3/h5-6,8-9,14,19H,4,7,17H2,1-3H3. The van der Waals surface area contributed by atoms with Crippen LogP contribution in [-0.4, -0.2) is 9.78 Å². The number of nitrogens with two attached hydrogens (primary N) is 1. The van der Waals surface area contributed by atoms with Crippen LogP contribution in [0.4, 0.5) is 0 Å². The second kappa shape index (κ2) is 6.39. The molecule has 2 rings (SSSR count). The molecule has 0 aliphatic rings. The Morgan fingerprint density at radius 2 is 2.15 bits per heavy atom. The van der Waals surface area contributed by atoms with Crippen molar-refractivity contribution >= 4 is 11.6 Å². The molecule has 1 heterocycles. The third kappa shape index (κ3) is 2.87. The Labute approximate surface area is 124 Å². The van der Waals surface area contributed by atoms with Crippen molar-refractivity contribution in [1.82, 2.24) is 15.2 Å². The van der Waals surface area contributed by atoms with Crippen molar-refractivity contribution in [3.05, 3.63) is 51.8 Å². The van der Waals surface area contributed by atoms with Crippen molar-refractivity contribution in [2.24, 2.45) is 5.84 Å². The first-order valence-corrected chi connectivity index (χ1v) is 7.20. The molecule has 1 atom stereocenters. The SMILES string of the molecule is CCCn1ncc(Cl)c1C(NN)c1ccc(C)cc1C. The number of hydrazine groups is 1. The van der Waals surface area contributed by atoms with E-state index >= 15 is 0 Å². The quantitative estimate of drug-likeness (QED) is 0.657. The maximum absolute atomic E-state index is 6.31. The molecule has 1 unspecified atom stereocenters. The minimum Gasteiger partial charge on any atom is -0.271 e. The average molecular weight is 293 g/mol. The van der Waals surface area contributed by atoms with Gasteiger partial charge in [-0.2, -0.15) is 5.10 Å². The van der Waals surface area contributed by atoms with Crippen LogP contribution in [0.3, 0.4) is 0 Å². The maximum Gasteiger partial charge on any atom is 0.0896 e. The van der Waals surface area contributed by atoms with Gasteiger partial charge in [0, 0.05) is 6.54 Å². The van der Waals surface area contributed by atoms with Crippen LogP contribution in [0.2, 0.25) is 5.02 Å². The molecule has 1 aromatic heterocycles. The molecule has 20 heavy (non-hydrogen) atoms. The van der Waals surface area contributed by atoms with E-state index in [1.165, 1.54) is 11.1 Å². The second-order valence-corrected chi connectivity index (χ2v) is 5.47. The molecule has 0 fully saturated rings. The highest BCUT2D eigenvalue weighted by molar-refractivity contribution is 6.31. The van der Waals surface area contributed by atoms with Crippen molar-refractivity contribution in [2.75, 3.05) is 0 Å². The van der Waals surface area contributed by atoms with Gasteiger partial charge in [0.05, 0.1) is 23.0 Å². The molecule has 0 radical (unpaired) electrons. The highest BCUT2D eigenvalue weighted by Crippen LogP contribution is 2.30. The molecule has 0 spiro atoms. The van der Waals surface area contributed by atoms with E-state index in [0.717, 1.165) is 24.2 Å². The Hall–Kier alpha value is -1.36. The van der Waals surface area contributed by atoms with E-state index < -0.39 is 0 Å². The van der Waals surface area contributed by atoms with Crippen LogP contribution < -0.4 is 11.3 Å². The molecule has 5 heteroatoms. The molecule has 0 aliphatic carbocycles. The van der Waals surface area contributed by atoms with Gasteiger partial charge in [-0.05, 0) is 31.4 Å². The number of halogens is 1. The molecule has 4 nitrogen and oxygen atoms in total. The predicted molar refractivity (Wildman–Crippen MR) is 82.6 cm³/mol. The Balaban J connectivity index is 2.49. The lowest BCUT2D eigenvalue weighted by Crippen LogP contribution is -2.31. The first-order chi connectivity index (χ1) is 9.58. The predicted octanol–water partition coefficient (Wildman–Crippen LogP) is 3.12. The second-order valence-electron chi connectivity index (χ2n) is 5.06. The number of aryl methyl sites for hydroxylation is 3. The van der Waals surface area contributed by atoms with E-state index in [-0.39, 0.29) is 6.04 Å². The fourth-order valence-corrected chi connectivity index (χ4v) is 2.76. The molecule has 108 valence electrons. The summed E-state index contributed by atoms with van der Waals surface area (Å²) in [6, 6.07) is 6.17. The largest absolute Gasteiger partial charge is 0.271 e. The minimum absolute atomic E-state index is 0.155. The number of hydrogen-bond acceptors (Lipinski definition) is 3. The van der Waals surface area contributed by atoms with E-state index in [1.54, 1.807) is 6.20 Å². The number of nitrogens with one attached hydrogen (secondary N) is 1. The van der Waals surface area contributed by atoms with Crippen LogP contribution in [0, 0.1) is 13.8 Å². The summed E-state index contributed by atoms with van der Waals surface area (Å²) in [5, 5.41) is 4.98. The maximum atomic E-state index is 6.31. The zero-order chi connectivity index (χ0) is 14.7. The smallest absolute Gasteiger partial charge is 0.0896 e. The molecular formula is C15H21ClN4. The fraction of sp³-hybridized carbons (Fsp3) is 0.400. The fourth-order valence-electron chi connectivity index (χ4n) is 2.51. The van der Waals surface area contributed by atoms with Crippen LogP contribution in [0.1, 0.15) is 41.8 Å². The van der Waals surface area contributed by atoms with Gasteiger partial charge in [-0.25, -0.2) is 5.43 Å². The van der Waals surface area contributed by atoms with Crippen LogP contribution >= 0.6 is 11.6 Å². The highest BCUT2D eigenvalue weighted by atomic mass is 35.5. The zero-order valence-corrected chi connectivity index (χ0v) is 12.9. The first kappa shape index (κ1) is 15.0. The zero-order valence-electron chi connectivity index (χ0n) is 12.2. The molecule has 0 saturated heterocycles. The van der Waals surface area contributed by atoms with Gasteiger partial charge in [-0.3, -0.25) is 10.5 Å². The number of aromatic nitrogens is 2. The number of nitrogens with zero attached hydrogens (tertiary/aromatic N) is 2. The van der Waals surface area contributed by atoms with E-state index in [0.29, 0.717) is 5.02 Å². The molecule has 0 aliphatic heterocycles. The third-order valence-electron chi connectivity index (χ3n) is 3.45. The Kier molecular flexibility index (Phi) is 4.81. The van der Waals surface area contributed by atoms with Gasteiger partial charge < -0.3 is 0 Å². The Morgan fingerprint density at radius 1 is 1.40 bits per heavy atom. The summed E-state index contributed by atoms with van der Waals surface area (Å²) in [5.41, 5.74) is 7.34. The Bertz CT molecular complexity index is 592. The lowest BCUT2D eigenvalue weighted by molar-refractivity contribution is 0.520. The molecule has 0 bridgehead atoms. The van der Waals surface area contributed by atoms with Crippen LogP contribution in [0.5, 0.6) is 0 Å². The number of hydrogen-bond donors (Lipinski definition) is 2. The van der Waals surface area contributed by atoms with Gasteiger partial charge in [0.2, 0.25) is 0 Å². The van der Waals surface area contributed by atoms with Crippen molar-refractivity contribution in [3.8, 4) is 0 Å². The van der Waals surface area contributed by atoms with Crippen molar-refractivity contribution < 1.29 is 0 Å². The van der Waals surface area contributed by atoms with E-state index in [1.807, 2.05) is 4.68 Å². The van der Waals surface area contributed by atoms with Gasteiger partial charge in [0.25, 0.3) is 0 Å². The van der Waals surface area contributed by atoms with Crippen LogP contribution in [0.15, 0.2) is 24.4 Å². The van der Waals surface area contributed by atoms with Gasteiger partial charge >= 0.3 is 0 Å². The normalized spacial score (nSPS) is 12.7. The summed E-state index contributed by atoms with van der Waals surface area (Å²) in [4.78, 5) is 0. The van der Waals surface area contributed by atoms with Gasteiger partial charge in [0.15, 0.2) is 0 Å². The first-order valence-electron chi connectivity index (χ1n) is 6.83. The molecule has 0 amide bonds. The van der Waals surface area contributed by atoms with E-state index in [2.05, 4.69) is 49.5 Å². The summed E-state index contributed by atoms with van der Waals surface area (Å²) >= 11 is 6.31. The van der Waals surface area contributed by atoms with Gasteiger partial charge in [-0.15, -0.1) is 0 Å². The summed E-state index contributed by atoms with van der Waals surface area (Å²) < 4.78 is 1.92. The summed E-state index contributed by atoms with van der Waals surface area (Å²) in [5.74, 6) is 5.79. The molecule has 3 N–H and O–H groups in total. The minimum atomic E-state index is -0.155. The van der Waals surface area contributed by atoms with E-state index in [4.69, 9.17) is 17.4 Å². The van der Waals surface area contributed by atoms with Gasteiger partial charge in [0.1, 0.15) is 0 Å². The van der Waals surface area contributed by atoms with Gasteiger partial charge in [-0.1, -0.05) is 42.3 Å². The van der Waals surface area contributed by atoms with Crippen molar-refractivity contribution in [2.45, 2.75) is 39.8 Å². The molecule has 0 saturated carbocycles. The van der Waals surface area contributed by atoms with Crippen LogP contribution in [0.25, 0.3) is 0 Å². The van der Waals surface area contributed by atoms with Crippen molar-refractivity contribution in [1.29, 1.82) is 0 Å². The molecular weight excluding hydrogens is 272 g/mol. The van der Waals surface area contributed by atoms with E-state index in [9.17, 15) is 0 Å². The van der Waals surface area contributed by atoms with Crippen LogP contribution in [-0.2, 0) is 6.54 Å². The topological polar surface area (TPSA) is 55.9 Å². The Morgan fingerprint density at radius 3 is 2.75 bits per heavy atom. The lowest BCUT2D eigenvalue weighted by Gasteiger charge is -2.21. The number of rotatable bonds is 5. The molecule has 2 aromatic rings. The average Bonchev–Trinajstić information content (AvgIpc) is 2.75. The van der Waals surface area contributed by atoms with Crippen molar-refractivity contribution in [3.63, 3.8) is 0 Å².